The van der Waals surface area contributed by atoms with Crippen molar-refractivity contribution in [2.24, 2.45) is 0 Å². The first kappa shape index (κ1) is 5.14. The third-order valence-corrected chi connectivity index (χ3v) is 2.60. The summed E-state index contributed by atoms with van der Waals surface area (Å²) in [5.74, 6) is 0. The topological polar surface area (TPSA) is 12.5 Å². The zero-order valence-corrected chi connectivity index (χ0v) is 5.84. The van der Waals surface area contributed by atoms with Crippen molar-refractivity contribution >= 4 is 0 Å². The number of fused-ring (bicyclic) bond motifs is 2. The average molecular weight is 134 g/mol. The third-order valence-electron chi connectivity index (χ3n) is 2.60. The monoisotopic (exact) mass is 134 g/mol. The Morgan fingerprint density at radius 3 is 2.30 bits per heavy atom. The molecule has 1 saturated carbocycles. The van der Waals surface area contributed by atoms with Gasteiger partial charge in [-0.15, -0.1) is 0 Å². The zero-order chi connectivity index (χ0) is 6.55. The fourth-order valence-corrected chi connectivity index (χ4v) is 1.97. The third kappa shape index (κ3) is 0.562. The minimum absolute atomic E-state index is 0.469. The first-order valence-corrected chi connectivity index (χ1v) is 4.01. The van der Waals surface area contributed by atoms with Gasteiger partial charge in [-0.25, -0.2) is 0 Å². The Labute approximate surface area is 60.4 Å². The largest absolute Gasteiger partial charge is 0.361 e. The van der Waals surface area contributed by atoms with Crippen LogP contribution in [0.4, 0.5) is 0 Å². The maximum Gasteiger partial charge on any atom is 0.107 e. The van der Waals surface area contributed by atoms with Gasteiger partial charge in [0.1, 0.15) is 12.2 Å². The maximum atomic E-state index is 5.36. The molecule has 0 aromatic rings. The molecule has 10 heavy (non-hydrogen) atoms. The highest BCUT2D eigenvalue weighted by Gasteiger charge is 2.39. The molecule has 2 atom stereocenters. The fourth-order valence-electron chi connectivity index (χ4n) is 1.97. The maximum absolute atomic E-state index is 5.36. The van der Waals surface area contributed by atoms with Gasteiger partial charge in [0.15, 0.2) is 0 Å². The van der Waals surface area contributed by atoms with Crippen molar-refractivity contribution in [3.8, 4) is 0 Å². The molecule has 52 valence electrons. The van der Waals surface area contributed by atoms with Gasteiger partial charge in [-0.3, -0.25) is 0 Å². The predicted molar refractivity (Wildman–Crippen MR) is 38.7 cm³/mol. The van der Waals surface area contributed by atoms with Gasteiger partial charge in [0.2, 0.25) is 0 Å². The Morgan fingerprint density at radius 2 is 1.70 bits per heavy atom. The number of ether oxygens (including phenoxy) is 1. The van der Waals surface area contributed by atoms with E-state index in [2.05, 4.69) is 12.2 Å². The number of hydrogen-bond acceptors (Lipinski definition) is 1. The van der Waals surface area contributed by atoms with Crippen molar-refractivity contribution in [2.45, 2.75) is 31.5 Å². The van der Waals surface area contributed by atoms with E-state index in [1.807, 2.05) is 0 Å². The minimum Gasteiger partial charge on any atom is -0.361 e. The summed E-state index contributed by atoms with van der Waals surface area (Å²) in [5.41, 5.74) is 3.14. The van der Waals surface area contributed by atoms with E-state index in [9.17, 15) is 0 Å². The number of epoxide rings is 1. The van der Waals surface area contributed by atoms with Crippen LogP contribution in [0.5, 0.6) is 0 Å². The Bertz CT molecular complexity index is 213. The van der Waals surface area contributed by atoms with E-state index in [1.165, 1.54) is 19.3 Å². The van der Waals surface area contributed by atoms with E-state index in [0.717, 1.165) is 0 Å². The molecule has 3 aliphatic rings. The summed E-state index contributed by atoms with van der Waals surface area (Å²) in [4.78, 5) is 0. The summed E-state index contributed by atoms with van der Waals surface area (Å²) in [6.45, 7) is 0. The summed E-state index contributed by atoms with van der Waals surface area (Å²) < 4.78 is 5.36. The molecule has 1 heteroatoms. The summed E-state index contributed by atoms with van der Waals surface area (Å²) in [6, 6.07) is 0. The lowest BCUT2D eigenvalue weighted by atomic mass is 10.0. The van der Waals surface area contributed by atoms with Crippen LogP contribution in [0.2, 0.25) is 0 Å². The lowest BCUT2D eigenvalue weighted by Crippen LogP contribution is -1.96. The van der Waals surface area contributed by atoms with E-state index in [1.54, 1.807) is 11.1 Å². The second-order valence-electron chi connectivity index (χ2n) is 3.30. The molecule has 0 aromatic carbocycles. The lowest BCUT2D eigenvalue weighted by Gasteiger charge is -2.01. The van der Waals surface area contributed by atoms with Crippen LogP contribution in [0, 0.1) is 0 Å². The summed E-state index contributed by atoms with van der Waals surface area (Å²) in [7, 11) is 0. The quantitative estimate of drug-likeness (QED) is 0.460. The van der Waals surface area contributed by atoms with E-state index in [-0.39, 0.29) is 0 Å². The van der Waals surface area contributed by atoms with Gasteiger partial charge >= 0.3 is 0 Å². The lowest BCUT2D eigenvalue weighted by molar-refractivity contribution is 0.414. The Balaban J connectivity index is 2.06. The van der Waals surface area contributed by atoms with Crippen molar-refractivity contribution in [1.29, 1.82) is 0 Å². The van der Waals surface area contributed by atoms with E-state index in [0.29, 0.717) is 12.2 Å². The highest BCUT2D eigenvalue weighted by Crippen LogP contribution is 2.40. The Kier molecular flexibility index (Phi) is 0.789. The van der Waals surface area contributed by atoms with Crippen molar-refractivity contribution < 1.29 is 4.74 Å². The van der Waals surface area contributed by atoms with Crippen molar-refractivity contribution in [3.63, 3.8) is 0 Å². The molecular formula is C9H10O. The van der Waals surface area contributed by atoms with Crippen molar-refractivity contribution in [1.82, 2.24) is 0 Å². The highest BCUT2D eigenvalue weighted by atomic mass is 16.6. The molecule has 0 aromatic heterocycles. The molecule has 3 rings (SSSR count). The van der Waals surface area contributed by atoms with Crippen LogP contribution in [0.15, 0.2) is 23.3 Å². The number of hydrogen-bond donors (Lipinski definition) is 0. The Hall–Kier alpha value is -0.560. The van der Waals surface area contributed by atoms with Crippen LogP contribution in [0.1, 0.15) is 19.3 Å². The smallest absolute Gasteiger partial charge is 0.107 e. The van der Waals surface area contributed by atoms with Gasteiger partial charge < -0.3 is 4.74 Å². The SMILES string of the molecule is C1=C2CCCC2=C[C@H]2OC12. The molecule has 2 fully saturated rings. The molecule has 0 amide bonds. The number of rotatable bonds is 0. The van der Waals surface area contributed by atoms with Crippen molar-refractivity contribution in [2.75, 3.05) is 0 Å². The molecule has 0 spiro atoms. The molecule has 1 aliphatic heterocycles. The van der Waals surface area contributed by atoms with Gasteiger partial charge in [-0.1, -0.05) is 0 Å². The fraction of sp³-hybridized carbons (Fsp3) is 0.556. The van der Waals surface area contributed by atoms with E-state index < -0.39 is 0 Å². The van der Waals surface area contributed by atoms with E-state index >= 15 is 0 Å². The summed E-state index contributed by atoms with van der Waals surface area (Å²) >= 11 is 0. The first-order chi connectivity index (χ1) is 4.93. The molecular weight excluding hydrogens is 124 g/mol. The van der Waals surface area contributed by atoms with Crippen LogP contribution < -0.4 is 0 Å². The van der Waals surface area contributed by atoms with Gasteiger partial charge in [0.25, 0.3) is 0 Å². The minimum atomic E-state index is 0.469. The van der Waals surface area contributed by atoms with Crippen LogP contribution in [-0.2, 0) is 4.74 Å². The second-order valence-corrected chi connectivity index (χ2v) is 3.30. The first-order valence-electron chi connectivity index (χ1n) is 4.01. The standard InChI is InChI=1S/C9H10O/c1-2-6-4-8-9(10-8)5-7(6)3-1/h4-5,8-9H,1-3H2/t8-,9?/m1/s1. The predicted octanol–water partition coefficient (Wildman–Crippen LogP) is 1.80. The van der Waals surface area contributed by atoms with Gasteiger partial charge in [-0.2, -0.15) is 0 Å². The van der Waals surface area contributed by atoms with Crippen LogP contribution >= 0.6 is 0 Å². The van der Waals surface area contributed by atoms with E-state index in [4.69, 9.17) is 4.74 Å². The molecule has 0 radical (unpaired) electrons. The van der Waals surface area contributed by atoms with Gasteiger partial charge in [0, 0.05) is 0 Å². The summed E-state index contributed by atoms with van der Waals surface area (Å²) in [6.07, 6.45) is 9.50. The molecule has 1 nitrogen and oxygen atoms in total. The summed E-state index contributed by atoms with van der Waals surface area (Å²) in [5, 5.41) is 0. The molecule has 1 unspecified atom stereocenters. The molecule has 1 heterocycles. The highest BCUT2D eigenvalue weighted by molar-refractivity contribution is 5.42. The zero-order valence-electron chi connectivity index (χ0n) is 5.84. The van der Waals surface area contributed by atoms with Crippen LogP contribution in [0.25, 0.3) is 0 Å². The normalized spacial score (nSPS) is 41.6. The second kappa shape index (κ2) is 1.54. The average Bonchev–Trinajstić information content (AvgIpc) is 2.52. The van der Waals surface area contributed by atoms with Gasteiger partial charge in [-0.05, 0) is 42.6 Å². The van der Waals surface area contributed by atoms with Crippen LogP contribution in [-0.4, -0.2) is 12.2 Å². The van der Waals surface area contributed by atoms with Gasteiger partial charge in [0.05, 0.1) is 0 Å². The molecule has 2 aliphatic carbocycles. The molecule has 0 bridgehead atoms. The molecule has 0 N–H and O–H groups in total. The van der Waals surface area contributed by atoms with Crippen LogP contribution in [0.3, 0.4) is 0 Å². The Morgan fingerprint density at radius 1 is 1.10 bits per heavy atom. The molecule has 1 saturated heterocycles. The number of allylic oxidation sites excluding steroid dienone is 2. The van der Waals surface area contributed by atoms with Crippen molar-refractivity contribution in [3.05, 3.63) is 23.3 Å².